The molecule has 0 aromatic carbocycles. The van der Waals surface area contributed by atoms with Gasteiger partial charge in [-0.2, -0.15) is 5.48 Å². The molecule has 1 amide bonds. The monoisotopic (exact) mass is 242 g/mol. The molecule has 0 spiro atoms. The van der Waals surface area contributed by atoms with E-state index in [1.807, 2.05) is 0 Å². The number of hydroxylamine groups is 1. The minimum Gasteiger partial charge on any atom is -0.349 e. The van der Waals surface area contributed by atoms with E-state index in [2.05, 4.69) is 24.6 Å². The van der Waals surface area contributed by atoms with Crippen LogP contribution in [-0.4, -0.2) is 30.9 Å². The van der Waals surface area contributed by atoms with Crippen molar-refractivity contribution >= 4 is 5.91 Å². The summed E-state index contributed by atoms with van der Waals surface area (Å²) < 4.78 is 5.30. The van der Waals surface area contributed by atoms with Crippen molar-refractivity contribution in [3.63, 3.8) is 0 Å². The second kappa shape index (κ2) is 4.92. The molecule has 17 heavy (non-hydrogen) atoms. The molecule has 5 heteroatoms. The first kappa shape index (κ1) is 12.8. The summed E-state index contributed by atoms with van der Waals surface area (Å²) in [6, 6.07) is 0.502. The molecule has 1 aliphatic heterocycles. The van der Waals surface area contributed by atoms with Crippen LogP contribution in [-0.2, 0) is 14.4 Å². The van der Waals surface area contributed by atoms with Gasteiger partial charge in [-0.05, 0) is 25.2 Å². The molecule has 2 fully saturated rings. The minimum absolute atomic E-state index is 0.152. The van der Waals surface area contributed by atoms with Crippen LogP contribution in [0.3, 0.4) is 0 Å². The Hall–Kier alpha value is -0.650. The van der Waals surface area contributed by atoms with E-state index in [1.54, 1.807) is 0 Å². The van der Waals surface area contributed by atoms with Crippen LogP contribution in [0.5, 0.6) is 0 Å². The number of hydrogen-bond acceptors (Lipinski definition) is 4. The molecule has 2 aliphatic rings. The molecule has 0 bridgehead atoms. The van der Waals surface area contributed by atoms with Crippen molar-refractivity contribution in [2.45, 2.75) is 57.4 Å². The molecule has 1 saturated heterocycles. The number of amides is 1. The number of rotatable bonds is 5. The lowest BCUT2D eigenvalue weighted by molar-refractivity contribution is -0.218. The predicted octanol–water partition coefficient (Wildman–Crippen LogP) is 0.947. The Labute approximate surface area is 102 Å². The molecule has 1 saturated carbocycles. The topological polar surface area (TPSA) is 59.6 Å². The van der Waals surface area contributed by atoms with Crippen molar-refractivity contribution in [2.75, 3.05) is 7.11 Å². The van der Waals surface area contributed by atoms with Gasteiger partial charge in [-0.15, -0.1) is 0 Å². The van der Waals surface area contributed by atoms with Gasteiger partial charge in [0.1, 0.15) is 0 Å². The molecule has 0 radical (unpaired) electrons. The quantitative estimate of drug-likeness (QED) is 0.753. The number of methoxy groups -OCH3 is 1. The van der Waals surface area contributed by atoms with Crippen LogP contribution >= 0.6 is 0 Å². The third-order valence-electron chi connectivity index (χ3n) is 3.25. The van der Waals surface area contributed by atoms with Gasteiger partial charge >= 0.3 is 0 Å². The summed E-state index contributed by atoms with van der Waals surface area (Å²) in [4.78, 5) is 17.5. The van der Waals surface area contributed by atoms with E-state index < -0.39 is 5.79 Å². The highest BCUT2D eigenvalue weighted by atomic mass is 16.8. The molecule has 98 valence electrons. The lowest BCUT2D eigenvalue weighted by Gasteiger charge is -2.23. The lowest BCUT2D eigenvalue weighted by atomic mass is 9.98. The van der Waals surface area contributed by atoms with Crippen LogP contribution in [0, 0.1) is 5.92 Å². The van der Waals surface area contributed by atoms with Crippen molar-refractivity contribution in [3.8, 4) is 0 Å². The highest BCUT2D eigenvalue weighted by Gasteiger charge is 2.49. The van der Waals surface area contributed by atoms with Gasteiger partial charge in [-0.1, -0.05) is 13.8 Å². The fourth-order valence-corrected chi connectivity index (χ4v) is 2.17. The van der Waals surface area contributed by atoms with Crippen LogP contribution in [0.25, 0.3) is 0 Å². The number of carbonyl (C=O) groups is 1. The van der Waals surface area contributed by atoms with Crippen molar-refractivity contribution in [1.82, 2.24) is 10.8 Å². The van der Waals surface area contributed by atoms with Crippen LogP contribution in [0.15, 0.2) is 0 Å². The SMILES string of the molecule is COC1(C(=O)NC2CC2)CC(CC(C)C)NO1. The standard InChI is InChI=1S/C12H22N2O3/c1-8(2)6-10-7-12(16-3,17-14-10)11(15)13-9-4-5-9/h8-10,14H,4-7H2,1-3H3,(H,13,15). The van der Waals surface area contributed by atoms with Crippen LogP contribution in [0.2, 0.25) is 0 Å². The van der Waals surface area contributed by atoms with E-state index in [0.717, 1.165) is 19.3 Å². The Kier molecular flexibility index (Phi) is 3.70. The maximum atomic E-state index is 12.1. The second-order valence-corrected chi connectivity index (χ2v) is 5.46. The van der Waals surface area contributed by atoms with Crippen LogP contribution in [0.4, 0.5) is 0 Å². The van der Waals surface area contributed by atoms with E-state index in [4.69, 9.17) is 9.57 Å². The van der Waals surface area contributed by atoms with Crippen molar-refractivity contribution in [2.24, 2.45) is 5.92 Å². The Morgan fingerprint density at radius 1 is 1.59 bits per heavy atom. The average molecular weight is 242 g/mol. The number of carbonyl (C=O) groups excluding carboxylic acids is 1. The van der Waals surface area contributed by atoms with Gasteiger partial charge in [0.25, 0.3) is 11.7 Å². The third kappa shape index (κ3) is 2.97. The molecule has 2 unspecified atom stereocenters. The number of hydrogen-bond donors (Lipinski definition) is 2. The summed E-state index contributed by atoms with van der Waals surface area (Å²) in [5.74, 6) is -0.723. The molecule has 0 aromatic heterocycles. The molecule has 2 N–H and O–H groups in total. The predicted molar refractivity (Wildman–Crippen MR) is 63.0 cm³/mol. The molecule has 1 heterocycles. The largest absolute Gasteiger partial charge is 0.349 e. The van der Waals surface area contributed by atoms with E-state index in [0.29, 0.717) is 18.4 Å². The van der Waals surface area contributed by atoms with Gasteiger partial charge < -0.3 is 10.1 Å². The highest BCUT2D eigenvalue weighted by Crippen LogP contribution is 2.29. The van der Waals surface area contributed by atoms with E-state index in [-0.39, 0.29) is 11.9 Å². The van der Waals surface area contributed by atoms with E-state index in [9.17, 15) is 4.79 Å². The van der Waals surface area contributed by atoms with Gasteiger partial charge in [0.05, 0.1) is 0 Å². The van der Waals surface area contributed by atoms with Gasteiger partial charge in [0, 0.05) is 25.6 Å². The van der Waals surface area contributed by atoms with Crippen molar-refractivity contribution in [1.29, 1.82) is 0 Å². The van der Waals surface area contributed by atoms with Gasteiger partial charge in [0.15, 0.2) is 0 Å². The molecule has 2 atom stereocenters. The molecular weight excluding hydrogens is 220 g/mol. The number of nitrogens with one attached hydrogen (secondary N) is 2. The Bertz CT molecular complexity index is 291. The second-order valence-electron chi connectivity index (χ2n) is 5.46. The average Bonchev–Trinajstić information content (AvgIpc) is 2.97. The normalized spacial score (nSPS) is 33.1. The Morgan fingerprint density at radius 3 is 2.82 bits per heavy atom. The number of ether oxygens (including phenoxy) is 1. The first-order chi connectivity index (χ1) is 8.05. The lowest BCUT2D eigenvalue weighted by Crippen LogP contribution is -2.49. The zero-order valence-electron chi connectivity index (χ0n) is 10.8. The van der Waals surface area contributed by atoms with Gasteiger partial charge in [0.2, 0.25) is 0 Å². The zero-order chi connectivity index (χ0) is 12.5. The molecule has 0 aromatic rings. The van der Waals surface area contributed by atoms with Gasteiger partial charge in [-0.25, -0.2) is 0 Å². The summed E-state index contributed by atoms with van der Waals surface area (Å²) in [5, 5.41) is 2.93. The summed E-state index contributed by atoms with van der Waals surface area (Å²) in [6.07, 6.45) is 3.67. The van der Waals surface area contributed by atoms with E-state index in [1.165, 1.54) is 7.11 Å². The first-order valence-corrected chi connectivity index (χ1v) is 6.35. The molecular formula is C12H22N2O3. The summed E-state index contributed by atoms with van der Waals surface area (Å²) in [6.45, 7) is 4.30. The minimum atomic E-state index is -1.14. The molecule has 5 nitrogen and oxygen atoms in total. The van der Waals surface area contributed by atoms with Gasteiger partial charge in [-0.3, -0.25) is 9.63 Å². The fourth-order valence-electron chi connectivity index (χ4n) is 2.17. The van der Waals surface area contributed by atoms with E-state index >= 15 is 0 Å². The highest BCUT2D eigenvalue weighted by molar-refractivity contribution is 5.84. The summed E-state index contributed by atoms with van der Waals surface area (Å²) in [5.41, 5.74) is 2.92. The maximum Gasteiger partial charge on any atom is 0.282 e. The summed E-state index contributed by atoms with van der Waals surface area (Å²) >= 11 is 0. The molecule has 1 aliphatic carbocycles. The van der Waals surface area contributed by atoms with Crippen LogP contribution < -0.4 is 10.8 Å². The fraction of sp³-hybridized carbons (Fsp3) is 0.917. The van der Waals surface area contributed by atoms with Crippen LogP contribution in [0.1, 0.15) is 39.5 Å². The Morgan fingerprint density at radius 2 is 2.29 bits per heavy atom. The van der Waals surface area contributed by atoms with Crippen molar-refractivity contribution < 1.29 is 14.4 Å². The zero-order valence-corrected chi connectivity index (χ0v) is 10.8. The van der Waals surface area contributed by atoms with Crippen molar-refractivity contribution in [3.05, 3.63) is 0 Å². The maximum absolute atomic E-state index is 12.1. The molecule has 2 rings (SSSR count). The summed E-state index contributed by atoms with van der Waals surface area (Å²) in [7, 11) is 1.52. The third-order valence-corrected chi connectivity index (χ3v) is 3.25. The smallest absolute Gasteiger partial charge is 0.282 e. The Balaban J connectivity index is 1.93. The first-order valence-electron chi connectivity index (χ1n) is 6.35.